The van der Waals surface area contributed by atoms with Crippen LogP contribution < -0.4 is 0 Å². The molecule has 3 heteroatoms. The molecule has 1 aromatic rings. The molecule has 0 aliphatic carbocycles. The van der Waals surface area contributed by atoms with Crippen molar-refractivity contribution in [1.29, 1.82) is 0 Å². The fourth-order valence-electron chi connectivity index (χ4n) is 1.69. The summed E-state index contributed by atoms with van der Waals surface area (Å²) in [5.74, 6) is -0.972. The highest BCUT2D eigenvalue weighted by atomic mass is 16.4. The fraction of sp³-hybridized carbons (Fsp3) is 0.500. The second-order valence-electron chi connectivity index (χ2n) is 4.38. The molecule has 0 saturated heterocycles. The van der Waals surface area contributed by atoms with Gasteiger partial charge in [0.15, 0.2) is 0 Å². The summed E-state index contributed by atoms with van der Waals surface area (Å²) in [7, 11) is 0. The molecule has 0 heterocycles. The molecule has 0 spiro atoms. The van der Waals surface area contributed by atoms with Crippen molar-refractivity contribution < 1.29 is 9.90 Å². The van der Waals surface area contributed by atoms with Crippen molar-refractivity contribution in [3.05, 3.63) is 35.9 Å². The monoisotopic (exact) mass is 235 g/mol. The third kappa shape index (κ3) is 5.00. The van der Waals surface area contributed by atoms with Crippen LogP contribution in [0.25, 0.3) is 0 Å². The molecular weight excluding hydrogens is 214 g/mol. The van der Waals surface area contributed by atoms with Gasteiger partial charge in [-0.1, -0.05) is 44.2 Å². The summed E-state index contributed by atoms with van der Waals surface area (Å²) in [6.07, 6.45) is 0.704. The minimum Gasteiger partial charge on any atom is -0.481 e. The normalized spacial score (nSPS) is 12.6. The largest absolute Gasteiger partial charge is 0.481 e. The summed E-state index contributed by atoms with van der Waals surface area (Å²) >= 11 is 0. The summed E-state index contributed by atoms with van der Waals surface area (Å²) in [6.45, 7) is 6.54. The van der Waals surface area contributed by atoms with E-state index in [1.165, 1.54) is 5.56 Å². The van der Waals surface area contributed by atoms with E-state index in [2.05, 4.69) is 24.0 Å². The van der Waals surface area contributed by atoms with E-state index in [9.17, 15) is 4.79 Å². The standard InChI is InChI=1S/C14H21NO2/c1-3-15(10-9-12(2)14(16)17)11-13-7-5-4-6-8-13/h4-8,12H,3,9-11H2,1-2H3,(H,16,17). The van der Waals surface area contributed by atoms with Crippen LogP contribution in [0, 0.1) is 5.92 Å². The number of hydrogen-bond donors (Lipinski definition) is 1. The van der Waals surface area contributed by atoms with Crippen molar-refractivity contribution >= 4 is 5.97 Å². The Morgan fingerprint density at radius 3 is 2.53 bits per heavy atom. The van der Waals surface area contributed by atoms with Crippen LogP contribution in [0.2, 0.25) is 0 Å². The van der Waals surface area contributed by atoms with Crippen LogP contribution in [0.4, 0.5) is 0 Å². The number of nitrogens with zero attached hydrogens (tertiary/aromatic N) is 1. The molecule has 0 radical (unpaired) electrons. The maximum Gasteiger partial charge on any atom is 0.306 e. The summed E-state index contributed by atoms with van der Waals surface area (Å²) in [4.78, 5) is 13.0. The summed E-state index contributed by atoms with van der Waals surface area (Å²) in [5, 5.41) is 8.84. The molecule has 0 aliphatic rings. The summed E-state index contributed by atoms with van der Waals surface area (Å²) < 4.78 is 0. The van der Waals surface area contributed by atoms with Crippen molar-refractivity contribution in [2.45, 2.75) is 26.8 Å². The second kappa shape index (κ2) is 7.07. The van der Waals surface area contributed by atoms with Crippen molar-refractivity contribution in [2.75, 3.05) is 13.1 Å². The summed E-state index contributed by atoms with van der Waals surface area (Å²) in [6, 6.07) is 10.3. The first-order valence-corrected chi connectivity index (χ1v) is 6.12. The Hall–Kier alpha value is -1.35. The number of rotatable bonds is 7. The van der Waals surface area contributed by atoms with Crippen LogP contribution in [0.15, 0.2) is 30.3 Å². The van der Waals surface area contributed by atoms with Crippen LogP contribution in [0.5, 0.6) is 0 Å². The lowest BCUT2D eigenvalue weighted by Gasteiger charge is -2.21. The van der Waals surface area contributed by atoms with Crippen LogP contribution in [-0.2, 0) is 11.3 Å². The van der Waals surface area contributed by atoms with Gasteiger partial charge in [0.1, 0.15) is 0 Å². The predicted molar refractivity (Wildman–Crippen MR) is 68.8 cm³/mol. The molecule has 0 fully saturated rings. The predicted octanol–water partition coefficient (Wildman–Crippen LogP) is 2.62. The molecule has 0 bridgehead atoms. The van der Waals surface area contributed by atoms with Gasteiger partial charge in [0.2, 0.25) is 0 Å². The highest BCUT2D eigenvalue weighted by Gasteiger charge is 2.12. The number of aliphatic carboxylic acids is 1. The van der Waals surface area contributed by atoms with Crippen LogP contribution >= 0.6 is 0 Å². The van der Waals surface area contributed by atoms with E-state index in [1.807, 2.05) is 18.2 Å². The van der Waals surface area contributed by atoms with E-state index < -0.39 is 5.97 Å². The number of carbonyl (C=O) groups is 1. The van der Waals surface area contributed by atoms with Gasteiger partial charge in [-0.05, 0) is 25.1 Å². The zero-order valence-electron chi connectivity index (χ0n) is 10.6. The lowest BCUT2D eigenvalue weighted by atomic mass is 10.1. The van der Waals surface area contributed by atoms with Gasteiger partial charge in [-0.3, -0.25) is 9.69 Å². The van der Waals surface area contributed by atoms with E-state index in [0.29, 0.717) is 6.42 Å². The zero-order chi connectivity index (χ0) is 12.7. The van der Waals surface area contributed by atoms with E-state index >= 15 is 0 Å². The molecule has 0 aliphatic heterocycles. The third-order valence-corrected chi connectivity index (χ3v) is 3.00. The van der Waals surface area contributed by atoms with Crippen molar-refractivity contribution in [2.24, 2.45) is 5.92 Å². The second-order valence-corrected chi connectivity index (χ2v) is 4.38. The molecule has 0 amide bonds. The highest BCUT2D eigenvalue weighted by molar-refractivity contribution is 5.69. The van der Waals surface area contributed by atoms with E-state index in [-0.39, 0.29) is 5.92 Å². The molecule has 1 N–H and O–H groups in total. The average Bonchev–Trinajstić information content (AvgIpc) is 2.35. The number of benzene rings is 1. The topological polar surface area (TPSA) is 40.5 Å². The van der Waals surface area contributed by atoms with E-state index in [4.69, 9.17) is 5.11 Å². The van der Waals surface area contributed by atoms with Crippen LogP contribution in [0.1, 0.15) is 25.8 Å². The number of carboxylic acids is 1. The Labute approximate surface area is 103 Å². The van der Waals surface area contributed by atoms with Crippen molar-refractivity contribution in [1.82, 2.24) is 4.90 Å². The van der Waals surface area contributed by atoms with E-state index in [0.717, 1.165) is 19.6 Å². The van der Waals surface area contributed by atoms with Gasteiger partial charge in [-0.15, -0.1) is 0 Å². The van der Waals surface area contributed by atoms with Gasteiger partial charge in [0, 0.05) is 6.54 Å². The van der Waals surface area contributed by atoms with Gasteiger partial charge >= 0.3 is 5.97 Å². The Balaban J connectivity index is 2.41. The first-order valence-electron chi connectivity index (χ1n) is 6.12. The molecule has 3 nitrogen and oxygen atoms in total. The van der Waals surface area contributed by atoms with Gasteiger partial charge in [-0.25, -0.2) is 0 Å². The smallest absolute Gasteiger partial charge is 0.306 e. The SMILES string of the molecule is CCN(CCC(C)C(=O)O)Cc1ccccc1. The first-order chi connectivity index (χ1) is 8.13. The fourth-order valence-corrected chi connectivity index (χ4v) is 1.69. The van der Waals surface area contributed by atoms with Gasteiger partial charge in [0.05, 0.1) is 5.92 Å². The molecule has 1 rings (SSSR count). The quantitative estimate of drug-likeness (QED) is 0.789. The molecule has 0 aromatic heterocycles. The van der Waals surface area contributed by atoms with Gasteiger partial charge in [-0.2, -0.15) is 0 Å². The van der Waals surface area contributed by atoms with E-state index in [1.54, 1.807) is 6.92 Å². The highest BCUT2D eigenvalue weighted by Crippen LogP contribution is 2.08. The van der Waals surface area contributed by atoms with Crippen LogP contribution in [-0.4, -0.2) is 29.1 Å². The van der Waals surface area contributed by atoms with Crippen LogP contribution in [0.3, 0.4) is 0 Å². The molecular formula is C14H21NO2. The number of hydrogen-bond acceptors (Lipinski definition) is 2. The first kappa shape index (κ1) is 13.7. The maximum atomic E-state index is 10.7. The van der Waals surface area contributed by atoms with Crippen molar-refractivity contribution in [3.63, 3.8) is 0 Å². The Morgan fingerprint density at radius 1 is 1.35 bits per heavy atom. The molecule has 1 aromatic carbocycles. The molecule has 17 heavy (non-hydrogen) atoms. The minimum absolute atomic E-state index is 0.264. The minimum atomic E-state index is -0.708. The number of carboxylic acid groups (broad SMARTS) is 1. The van der Waals surface area contributed by atoms with Crippen molar-refractivity contribution in [3.8, 4) is 0 Å². The Bertz CT molecular complexity index is 337. The Morgan fingerprint density at radius 2 is 2.00 bits per heavy atom. The lowest BCUT2D eigenvalue weighted by molar-refractivity contribution is -0.141. The zero-order valence-corrected chi connectivity index (χ0v) is 10.6. The molecule has 94 valence electrons. The molecule has 1 atom stereocenters. The Kier molecular flexibility index (Phi) is 5.70. The molecule has 1 unspecified atom stereocenters. The van der Waals surface area contributed by atoms with Gasteiger partial charge in [0.25, 0.3) is 0 Å². The maximum absolute atomic E-state index is 10.7. The lowest BCUT2D eigenvalue weighted by Crippen LogP contribution is -2.26. The third-order valence-electron chi connectivity index (χ3n) is 3.00. The van der Waals surface area contributed by atoms with Gasteiger partial charge < -0.3 is 5.11 Å². The summed E-state index contributed by atoms with van der Waals surface area (Å²) in [5.41, 5.74) is 1.28. The molecule has 0 saturated carbocycles. The average molecular weight is 235 g/mol.